The van der Waals surface area contributed by atoms with Crippen molar-refractivity contribution in [1.82, 2.24) is 4.57 Å². The molecule has 0 bridgehead atoms. The summed E-state index contributed by atoms with van der Waals surface area (Å²) in [5, 5.41) is 1.27. The van der Waals surface area contributed by atoms with E-state index in [2.05, 4.69) is 0 Å². The number of aromatic nitrogens is 1. The zero-order valence-electron chi connectivity index (χ0n) is 13.4. The highest BCUT2D eigenvalue weighted by Crippen LogP contribution is 2.36. The van der Waals surface area contributed by atoms with E-state index in [9.17, 15) is 9.59 Å². The van der Waals surface area contributed by atoms with E-state index in [1.807, 2.05) is 55.6 Å². The number of fused-ring (bicyclic) bond motifs is 3. The zero-order chi connectivity index (χ0) is 16.8. The lowest BCUT2D eigenvalue weighted by Crippen LogP contribution is -2.03. The summed E-state index contributed by atoms with van der Waals surface area (Å²) in [5.74, 6) is -0.0870. The first-order valence-corrected chi connectivity index (χ1v) is 7.70. The molecule has 0 aliphatic heterocycles. The summed E-state index contributed by atoms with van der Waals surface area (Å²) in [6.07, 6.45) is 0. The van der Waals surface area contributed by atoms with Gasteiger partial charge in [-0.25, -0.2) is 4.79 Å². The highest BCUT2D eigenvalue weighted by Gasteiger charge is 2.24. The third-order valence-corrected chi connectivity index (χ3v) is 4.34. The van der Waals surface area contributed by atoms with E-state index < -0.39 is 5.63 Å². The minimum atomic E-state index is -0.425. The molecule has 0 aliphatic carbocycles. The standard InChI is InChI=1S/C20H15NO3/c1-12(22)18-16(13-8-4-3-5-9-13)17-19(21(18)2)14-10-6-7-11-15(14)24-20(17)23/h3-11H,1-2H3. The molecule has 0 N–H and O–H groups in total. The number of rotatable bonds is 2. The molecule has 2 aromatic heterocycles. The molecule has 0 saturated heterocycles. The van der Waals surface area contributed by atoms with Gasteiger partial charge in [0.2, 0.25) is 0 Å². The Hall–Kier alpha value is -3.14. The van der Waals surface area contributed by atoms with Gasteiger partial charge in [0.15, 0.2) is 5.78 Å². The maximum absolute atomic E-state index is 12.7. The van der Waals surface area contributed by atoms with Crippen molar-refractivity contribution >= 4 is 27.7 Å². The summed E-state index contributed by atoms with van der Waals surface area (Å²) < 4.78 is 7.31. The largest absolute Gasteiger partial charge is 0.422 e. The molecule has 0 radical (unpaired) electrons. The van der Waals surface area contributed by atoms with E-state index in [1.54, 1.807) is 10.6 Å². The lowest BCUT2D eigenvalue weighted by molar-refractivity contribution is 0.101. The highest BCUT2D eigenvalue weighted by atomic mass is 16.4. The SMILES string of the molecule is CC(=O)c1c(-c2ccccc2)c2c(=O)oc3ccccc3c2n1C. The van der Waals surface area contributed by atoms with Gasteiger partial charge in [-0.2, -0.15) is 0 Å². The van der Waals surface area contributed by atoms with Crippen molar-refractivity contribution in [2.75, 3.05) is 0 Å². The third kappa shape index (κ3) is 1.93. The Labute approximate surface area is 137 Å². The number of carbonyl (C=O) groups excluding carboxylic acids is 1. The number of aryl methyl sites for hydroxylation is 1. The van der Waals surface area contributed by atoms with Crippen molar-refractivity contribution in [1.29, 1.82) is 0 Å². The van der Waals surface area contributed by atoms with Gasteiger partial charge in [0.25, 0.3) is 0 Å². The maximum atomic E-state index is 12.7. The first-order valence-electron chi connectivity index (χ1n) is 7.70. The summed E-state index contributed by atoms with van der Waals surface area (Å²) >= 11 is 0. The molecule has 4 rings (SSSR count). The Bertz CT molecular complexity index is 1150. The number of nitrogens with zero attached hydrogens (tertiary/aromatic N) is 1. The number of para-hydroxylation sites is 1. The van der Waals surface area contributed by atoms with E-state index in [4.69, 9.17) is 4.42 Å². The van der Waals surface area contributed by atoms with Crippen molar-refractivity contribution in [2.24, 2.45) is 7.05 Å². The predicted octanol–water partition coefficient (Wildman–Crippen LogP) is 4.15. The van der Waals surface area contributed by atoms with Crippen molar-refractivity contribution in [3.05, 3.63) is 70.7 Å². The molecule has 4 heteroatoms. The molecule has 0 atom stereocenters. The Kier molecular flexibility index (Phi) is 3.13. The summed E-state index contributed by atoms with van der Waals surface area (Å²) in [5.41, 5.74) is 2.80. The van der Waals surface area contributed by atoms with Crippen molar-refractivity contribution < 1.29 is 9.21 Å². The average molecular weight is 317 g/mol. The van der Waals surface area contributed by atoms with Crippen LogP contribution in [0.3, 0.4) is 0 Å². The number of benzene rings is 2. The fraction of sp³-hybridized carbons (Fsp3) is 0.100. The fourth-order valence-electron chi connectivity index (χ4n) is 3.40. The molecule has 118 valence electrons. The van der Waals surface area contributed by atoms with E-state index in [0.717, 1.165) is 16.5 Å². The number of ketones is 1. The van der Waals surface area contributed by atoms with Crippen LogP contribution in [0.25, 0.3) is 33.0 Å². The number of hydrogen-bond acceptors (Lipinski definition) is 3. The second kappa shape index (κ2) is 5.20. The van der Waals surface area contributed by atoms with Gasteiger partial charge in [-0.15, -0.1) is 0 Å². The highest BCUT2D eigenvalue weighted by molar-refractivity contribution is 6.15. The van der Waals surface area contributed by atoms with Crippen molar-refractivity contribution in [3.8, 4) is 11.1 Å². The van der Waals surface area contributed by atoms with Crippen LogP contribution in [0.4, 0.5) is 0 Å². The molecule has 0 aliphatic rings. The molecule has 24 heavy (non-hydrogen) atoms. The van der Waals surface area contributed by atoms with Crippen LogP contribution < -0.4 is 5.63 Å². The van der Waals surface area contributed by atoms with Crippen LogP contribution >= 0.6 is 0 Å². The lowest BCUT2D eigenvalue weighted by atomic mass is 10.0. The summed E-state index contributed by atoms with van der Waals surface area (Å²) in [6.45, 7) is 1.52. The number of Topliss-reactive ketones (excluding diaryl/α,β-unsaturated/α-hetero) is 1. The lowest BCUT2D eigenvalue weighted by Gasteiger charge is -2.04. The van der Waals surface area contributed by atoms with Crippen molar-refractivity contribution in [3.63, 3.8) is 0 Å². The Morgan fingerprint density at radius 3 is 2.38 bits per heavy atom. The van der Waals surface area contributed by atoms with Crippen LogP contribution in [0, 0.1) is 0 Å². The first kappa shape index (κ1) is 14.5. The Morgan fingerprint density at radius 2 is 1.67 bits per heavy atom. The zero-order valence-corrected chi connectivity index (χ0v) is 13.4. The Balaban J connectivity index is 2.31. The van der Waals surface area contributed by atoms with Crippen LogP contribution in [-0.2, 0) is 7.05 Å². The van der Waals surface area contributed by atoms with E-state index >= 15 is 0 Å². The Morgan fingerprint density at radius 1 is 1.00 bits per heavy atom. The van der Waals surface area contributed by atoms with Crippen LogP contribution in [0.2, 0.25) is 0 Å². The van der Waals surface area contributed by atoms with Gasteiger partial charge in [0, 0.05) is 24.9 Å². The van der Waals surface area contributed by atoms with E-state index in [-0.39, 0.29) is 5.78 Å². The quantitative estimate of drug-likeness (QED) is 0.412. The van der Waals surface area contributed by atoms with Gasteiger partial charge < -0.3 is 8.98 Å². The summed E-state index contributed by atoms with van der Waals surface area (Å²) in [4.78, 5) is 25.0. The minimum Gasteiger partial charge on any atom is -0.422 e. The third-order valence-electron chi connectivity index (χ3n) is 4.34. The molecule has 4 aromatic rings. The summed E-state index contributed by atoms with van der Waals surface area (Å²) in [7, 11) is 1.82. The van der Waals surface area contributed by atoms with Gasteiger partial charge in [-0.05, 0) is 17.7 Å². The van der Waals surface area contributed by atoms with Crippen molar-refractivity contribution in [2.45, 2.75) is 6.92 Å². The van der Waals surface area contributed by atoms with Gasteiger partial charge in [0.05, 0.1) is 16.6 Å². The average Bonchev–Trinajstić information content (AvgIpc) is 2.90. The van der Waals surface area contributed by atoms with E-state index in [1.165, 1.54) is 6.92 Å². The van der Waals surface area contributed by atoms with Gasteiger partial charge in [-0.3, -0.25) is 4.79 Å². The molecule has 0 unspecified atom stereocenters. The predicted molar refractivity (Wildman–Crippen MR) is 94.4 cm³/mol. The fourth-order valence-corrected chi connectivity index (χ4v) is 3.40. The van der Waals surface area contributed by atoms with Crippen LogP contribution in [-0.4, -0.2) is 10.4 Å². The van der Waals surface area contributed by atoms with Crippen LogP contribution in [0.5, 0.6) is 0 Å². The monoisotopic (exact) mass is 317 g/mol. The number of carbonyl (C=O) groups is 1. The number of hydrogen-bond donors (Lipinski definition) is 0. The van der Waals surface area contributed by atoms with Gasteiger partial charge >= 0.3 is 5.63 Å². The first-order chi connectivity index (χ1) is 11.6. The molecule has 0 saturated carbocycles. The minimum absolute atomic E-state index is 0.0870. The topological polar surface area (TPSA) is 52.2 Å². The molecule has 0 amide bonds. The molecule has 2 heterocycles. The molecule has 2 aromatic carbocycles. The van der Waals surface area contributed by atoms with Crippen LogP contribution in [0.1, 0.15) is 17.4 Å². The normalized spacial score (nSPS) is 11.2. The molecular formula is C20H15NO3. The van der Waals surface area contributed by atoms with Crippen LogP contribution in [0.15, 0.2) is 63.8 Å². The molecule has 4 nitrogen and oxygen atoms in total. The molecule has 0 spiro atoms. The molecular weight excluding hydrogens is 302 g/mol. The van der Waals surface area contributed by atoms with E-state index in [0.29, 0.717) is 22.2 Å². The second-order valence-corrected chi connectivity index (χ2v) is 5.81. The van der Waals surface area contributed by atoms with Gasteiger partial charge in [-0.1, -0.05) is 42.5 Å². The maximum Gasteiger partial charge on any atom is 0.346 e. The summed E-state index contributed by atoms with van der Waals surface area (Å²) in [6, 6.07) is 16.9. The molecule has 0 fully saturated rings. The smallest absolute Gasteiger partial charge is 0.346 e. The second-order valence-electron chi connectivity index (χ2n) is 5.81. The van der Waals surface area contributed by atoms with Gasteiger partial charge in [0.1, 0.15) is 5.58 Å².